The molecule has 0 aliphatic heterocycles. The van der Waals surface area contributed by atoms with Gasteiger partial charge in [-0.2, -0.15) is 0 Å². The van der Waals surface area contributed by atoms with E-state index in [-0.39, 0.29) is 49.1 Å². The molecule has 0 fully saturated rings. The maximum Gasteiger partial charge on any atom is 0.306 e. The molecule has 0 bridgehead atoms. The van der Waals surface area contributed by atoms with Crippen LogP contribution in [0.3, 0.4) is 0 Å². The van der Waals surface area contributed by atoms with Crippen molar-refractivity contribution in [1.82, 2.24) is 0 Å². The van der Waals surface area contributed by atoms with Crippen LogP contribution in [0.2, 0.25) is 0 Å². The molecule has 49 heavy (non-hydrogen) atoms. The number of hydrogen-bond donors (Lipinski definition) is 0. The molecule has 0 radical (unpaired) electrons. The van der Waals surface area contributed by atoms with Crippen molar-refractivity contribution < 1.29 is 38.2 Å². The minimum absolute atomic E-state index is 0.0155. The molecule has 0 rings (SSSR count). The van der Waals surface area contributed by atoms with Gasteiger partial charge in [0.1, 0.15) is 12.6 Å². The number of hydrogen-bond acceptors (Lipinski definition) is 7. The van der Waals surface area contributed by atoms with Gasteiger partial charge in [0, 0.05) is 19.3 Å². The first-order valence-corrected chi connectivity index (χ1v) is 18.5. The molecule has 8 heteroatoms. The molecule has 0 aliphatic carbocycles. The monoisotopic (exact) mass is 685 g/mol. The number of quaternary nitrogens is 1. The zero-order valence-corrected chi connectivity index (χ0v) is 31.3. The maximum atomic E-state index is 12.6. The number of nitrogens with zero attached hydrogens (tertiary/aromatic N) is 1. The van der Waals surface area contributed by atoms with Crippen LogP contribution < -0.4 is 5.11 Å². The average molecular weight is 686 g/mol. The number of carboxylic acids is 1. The number of carbonyl (C=O) groups excluding carboxylic acids is 3. The molecule has 0 saturated carbocycles. The molecule has 0 aliphatic rings. The van der Waals surface area contributed by atoms with Gasteiger partial charge in [0.2, 0.25) is 0 Å². The first-order valence-electron chi connectivity index (χ1n) is 18.5. The molecule has 0 N–H and O–H groups in total. The van der Waals surface area contributed by atoms with Crippen LogP contribution in [0.25, 0.3) is 0 Å². The summed E-state index contributed by atoms with van der Waals surface area (Å²) in [4.78, 5) is 36.6. The van der Waals surface area contributed by atoms with Gasteiger partial charge in [-0.15, -0.1) is 0 Å². The van der Waals surface area contributed by atoms with Crippen molar-refractivity contribution in [2.45, 2.75) is 129 Å². The lowest BCUT2D eigenvalue weighted by atomic mass is 10.1. The van der Waals surface area contributed by atoms with Gasteiger partial charge in [-0.1, -0.05) is 112 Å². The van der Waals surface area contributed by atoms with Gasteiger partial charge in [-0.25, -0.2) is 0 Å². The van der Waals surface area contributed by atoms with Crippen LogP contribution in [0.15, 0.2) is 72.9 Å². The van der Waals surface area contributed by atoms with E-state index < -0.39 is 18.1 Å². The number of carbonyl (C=O) groups is 3. The Hall–Kier alpha value is -3.23. The van der Waals surface area contributed by atoms with Crippen molar-refractivity contribution in [3.8, 4) is 0 Å². The van der Waals surface area contributed by atoms with Gasteiger partial charge >= 0.3 is 11.9 Å². The molecular formula is C41H67NO7. The van der Waals surface area contributed by atoms with Crippen molar-refractivity contribution in [3.63, 3.8) is 0 Å². The van der Waals surface area contributed by atoms with E-state index in [1.165, 1.54) is 0 Å². The summed E-state index contributed by atoms with van der Waals surface area (Å²) in [5.41, 5.74) is 0. The molecule has 0 spiro atoms. The van der Waals surface area contributed by atoms with E-state index in [9.17, 15) is 19.5 Å². The largest absolute Gasteiger partial charge is 0.544 e. The second-order valence-electron chi connectivity index (χ2n) is 13.1. The van der Waals surface area contributed by atoms with E-state index >= 15 is 0 Å². The highest BCUT2D eigenvalue weighted by Gasteiger charge is 2.25. The second kappa shape index (κ2) is 32.0. The Morgan fingerprint density at radius 1 is 0.633 bits per heavy atom. The molecule has 278 valence electrons. The van der Waals surface area contributed by atoms with E-state index in [0.717, 1.165) is 77.0 Å². The van der Waals surface area contributed by atoms with E-state index in [1.807, 2.05) is 36.5 Å². The highest BCUT2D eigenvalue weighted by Crippen LogP contribution is 2.11. The van der Waals surface area contributed by atoms with Crippen molar-refractivity contribution in [1.29, 1.82) is 0 Å². The first kappa shape index (κ1) is 45.8. The number of likely N-dealkylation sites (N-methyl/N-ethyl adjacent to an activating group) is 1. The standard InChI is InChI=1S/C41H67NO7/c1-6-8-10-12-14-16-18-20-22-24-26-28-30-32-40(44)49-37(35-47-34-33-38(41(45)46)42(3,4)5)36-48-39(43)31-29-27-25-23-21-19-17-15-13-11-9-7-2/h8-12,14-18,20,22,37-38H,6-7,13,19,21,23-36H2,1-5H3/b10-8+,11-9+,14-12+,17-15+,18-16+,22-20+. The lowest BCUT2D eigenvalue weighted by Gasteiger charge is -2.34. The fourth-order valence-corrected chi connectivity index (χ4v) is 4.82. The summed E-state index contributed by atoms with van der Waals surface area (Å²) in [6, 6.07) is -0.737. The van der Waals surface area contributed by atoms with E-state index in [0.29, 0.717) is 12.8 Å². The molecule has 0 heterocycles. The van der Waals surface area contributed by atoms with Crippen molar-refractivity contribution >= 4 is 17.9 Å². The Morgan fingerprint density at radius 2 is 1.18 bits per heavy atom. The normalized spacial score (nSPS) is 13.9. The predicted molar refractivity (Wildman–Crippen MR) is 199 cm³/mol. The smallest absolute Gasteiger partial charge is 0.306 e. The average Bonchev–Trinajstić information content (AvgIpc) is 3.05. The topological polar surface area (TPSA) is 102 Å². The molecule has 2 atom stereocenters. The van der Waals surface area contributed by atoms with Gasteiger partial charge in [-0.05, 0) is 57.8 Å². The first-order chi connectivity index (χ1) is 23.6. The summed E-state index contributed by atoms with van der Waals surface area (Å²) in [6.07, 6.45) is 37.9. The molecule has 0 saturated heterocycles. The highest BCUT2D eigenvalue weighted by atomic mass is 16.6. The number of unbranched alkanes of at least 4 members (excludes halogenated alkanes) is 8. The Bertz CT molecular complexity index is 1030. The molecule has 0 amide bonds. The molecule has 8 nitrogen and oxygen atoms in total. The van der Waals surface area contributed by atoms with Crippen LogP contribution in [-0.2, 0) is 28.6 Å². The Labute approximate surface area is 298 Å². The molecule has 2 unspecified atom stereocenters. The molecule has 0 aromatic rings. The SMILES string of the molecule is CC/C=C/C=C/C=C/C=C/CCCCCC(=O)OC(COCCC(C(=O)[O-])[N+](C)(C)C)COC(=O)CCCCCCC/C=C/C/C=C/CC. The minimum Gasteiger partial charge on any atom is -0.544 e. The Kier molecular flexibility index (Phi) is 29.9. The van der Waals surface area contributed by atoms with Gasteiger partial charge in [0.15, 0.2) is 6.10 Å². The lowest BCUT2D eigenvalue weighted by molar-refractivity contribution is -0.889. The predicted octanol–water partition coefficient (Wildman–Crippen LogP) is 7.90. The van der Waals surface area contributed by atoms with Crippen molar-refractivity contribution in [2.75, 3.05) is 41.0 Å². The summed E-state index contributed by atoms with van der Waals surface area (Å²) >= 11 is 0. The van der Waals surface area contributed by atoms with Gasteiger partial charge in [-0.3, -0.25) is 9.59 Å². The van der Waals surface area contributed by atoms with Gasteiger partial charge in [0.05, 0.1) is 40.3 Å². The third-order valence-electron chi connectivity index (χ3n) is 7.68. The second-order valence-corrected chi connectivity index (χ2v) is 13.1. The zero-order valence-electron chi connectivity index (χ0n) is 31.3. The van der Waals surface area contributed by atoms with Crippen LogP contribution >= 0.6 is 0 Å². The third-order valence-corrected chi connectivity index (χ3v) is 7.68. The number of ether oxygens (including phenoxy) is 3. The summed E-state index contributed by atoms with van der Waals surface area (Å²) in [5, 5.41) is 11.6. The number of carboxylic acid groups (broad SMARTS) is 1. The van der Waals surface area contributed by atoms with Crippen molar-refractivity contribution in [3.05, 3.63) is 72.9 Å². The van der Waals surface area contributed by atoms with E-state index in [1.54, 1.807) is 21.1 Å². The minimum atomic E-state index is -1.14. The number of esters is 2. The summed E-state index contributed by atoms with van der Waals surface area (Å²) < 4.78 is 17.0. The van der Waals surface area contributed by atoms with E-state index in [4.69, 9.17) is 14.2 Å². The Morgan fingerprint density at radius 3 is 1.84 bits per heavy atom. The quantitative estimate of drug-likeness (QED) is 0.0240. The van der Waals surface area contributed by atoms with Crippen LogP contribution in [0, 0.1) is 0 Å². The summed E-state index contributed by atoms with van der Waals surface area (Å²) in [7, 11) is 5.36. The third kappa shape index (κ3) is 30.6. The number of aliphatic carboxylic acids is 1. The van der Waals surface area contributed by atoms with Crippen molar-refractivity contribution in [2.24, 2.45) is 0 Å². The molecular weight excluding hydrogens is 618 g/mol. The summed E-state index contributed by atoms with van der Waals surface area (Å²) in [5.74, 6) is -1.82. The number of rotatable bonds is 31. The van der Waals surface area contributed by atoms with Crippen LogP contribution in [0.1, 0.15) is 117 Å². The molecule has 0 aromatic carbocycles. The lowest BCUT2D eigenvalue weighted by Crippen LogP contribution is -2.55. The van der Waals surface area contributed by atoms with Crippen LogP contribution in [0.4, 0.5) is 0 Å². The zero-order chi connectivity index (χ0) is 36.4. The summed E-state index contributed by atoms with van der Waals surface area (Å²) in [6.45, 7) is 4.31. The fraction of sp³-hybridized carbons (Fsp3) is 0.634. The van der Waals surface area contributed by atoms with Crippen LogP contribution in [-0.4, -0.2) is 75.5 Å². The van der Waals surface area contributed by atoms with E-state index in [2.05, 4.69) is 50.3 Å². The Balaban J connectivity index is 4.55. The highest BCUT2D eigenvalue weighted by molar-refractivity contribution is 5.70. The van der Waals surface area contributed by atoms with Gasteiger partial charge in [0.25, 0.3) is 0 Å². The van der Waals surface area contributed by atoms with Gasteiger partial charge < -0.3 is 28.6 Å². The number of allylic oxidation sites excluding steroid dienone is 12. The maximum absolute atomic E-state index is 12.6. The van der Waals surface area contributed by atoms with Crippen LogP contribution in [0.5, 0.6) is 0 Å². The molecule has 0 aromatic heterocycles. The fourth-order valence-electron chi connectivity index (χ4n) is 4.82.